The van der Waals surface area contributed by atoms with Gasteiger partial charge < -0.3 is 29.2 Å². The minimum absolute atomic E-state index is 0.0998. The van der Waals surface area contributed by atoms with E-state index in [2.05, 4.69) is 0 Å². The summed E-state index contributed by atoms with van der Waals surface area (Å²) in [6, 6.07) is 0. The van der Waals surface area contributed by atoms with Crippen LogP contribution in [0, 0.1) is 29.1 Å². The Balaban J connectivity index is 2.04. The number of rotatable bonds is 5. The summed E-state index contributed by atoms with van der Waals surface area (Å²) >= 11 is 0. The number of Topliss-reactive ketones (excluding diaryl/α,β-unsaturated/α-hetero) is 1. The lowest BCUT2D eigenvalue weighted by Crippen LogP contribution is -2.68. The van der Waals surface area contributed by atoms with Crippen molar-refractivity contribution < 1.29 is 53.1 Å². The quantitative estimate of drug-likeness (QED) is 0.288. The topological polar surface area (TPSA) is 163 Å². The predicted octanol–water partition coefficient (Wildman–Crippen LogP) is 1.18. The number of carbonyl (C=O) groups is 5. The second-order valence-corrected chi connectivity index (χ2v) is 11.8. The van der Waals surface area contributed by atoms with Gasteiger partial charge in [-0.15, -0.1) is 0 Å². The summed E-state index contributed by atoms with van der Waals surface area (Å²) in [6.45, 7) is 11.0. The molecule has 11 nitrogen and oxygen atoms in total. The van der Waals surface area contributed by atoms with E-state index in [1.807, 2.05) is 13.8 Å². The van der Waals surface area contributed by atoms with Crippen molar-refractivity contribution in [1.82, 2.24) is 0 Å². The summed E-state index contributed by atoms with van der Waals surface area (Å²) in [6.07, 6.45) is 0.273. The highest BCUT2D eigenvalue weighted by Crippen LogP contribution is 2.77. The molecule has 0 amide bonds. The van der Waals surface area contributed by atoms with E-state index < -0.39 is 94.4 Å². The van der Waals surface area contributed by atoms with Gasteiger partial charge >= 0.3 is 23.9 Å². The first-order valence-electron chi connectivity index (χ1n) is 12.9. The average molecular weight is 549 g/mol. The Morgan fingerprint density at radius 2 is 1.51 bits per heavy atom. The zero-order valence-electron chi connectivity index (χ0n) is 23.4. The van der Waals surface area contributed by atoms with Crippen LogP contribution in [0.5, 0.6) is 0 Å². The first-order valence-corrected chi connectivity index (χ1v) is 12.9. The Kier molecular flexibility index (Phi) is 6.67. The molecular formula is C28H36O11. The second kappa shape index (κ2) is 8.99. The van der Waals surface area contributed by atoms with E-state index in [-0.39, 0.29) is 11.1 Å². The van der Waals surface area contributed by atoms with E-state index in [0.29, 0.717) is 0 Å². The third-order valence-corrected chi connectivity index (χ3v) is 9.24. The molecular weight excluding hydrogens is 512 g/mol. The fraction of sp³-hybridized carbons (Fsp3) is 0.679. The Hall–Kier alpha value is -3.05. The van der Waals surface area contributed by atoms with Crippen molar-refractivity contribution in [3.63, 3.8) is 0 Å². The van der Waals surface area contributed by atoms with Gasteiger partial charge in [-0.25, -0.2) is 0 Å². The summed E-state index contributed by atoms with van der Waals surface area (Å²) in [5.41, 5.74) is -6.36. The van der Waals surface area contributed by atoms with E-state index in [0.717, 1.165) is 6.92 Å². The largest absolute Gasteiger partial charge is 0.461 e. The SMILES string of the molecule is CC(=O)OCC1=CC2C3C(C)(C)C3(OC(C)=O)C(OC(C)=O)C(C)C2(O)C2C=C(C)C(=O)C2(O)C1OC(C)=O. The summed E-state index contributed by atoms with van der Waals surface area (Å²) in [5.74, 6) is -7.37. The van der Waals surface area contributed by atoms with Crippen molar-refractivity contribution in [2.24, 2.45) is 29.1 Å². The maximum absolute atomic E-state index is 13.6. The second-order valence-electron chi connectivity index (χ2n) is 11.8. The third-order valence-electron chi connectivity index (χ3n) is 9.24. The lowest BCUT2D eigenvalue weighted by molar-refractivity contribution is -0.233. The van der Waals surface area contributed by atoms with Crippen molar-refractivity contribution in [2.75, 3.05) is 6.61 Å². The molecule has 2 N–H and O–H groups in total. The van der Waals surface area contributed by atoms with E-state index in [4.69, 9.17) is 18.9 Å². The van der Waals surface area contributed by atoms with Crippen LogP contribution in [0.1, 0.15) is 55.4 Å². The van der Waals surface area contributed by atoms with Gasteiger partial charge in [0.05, 0.1) is 5.60 Å². The molecule has 11 heteroatoms. The highest BCUT2D eigenvalue weighted by molar-refractivity contribution is 6.05. The van der Waals surface area contributed by atoms with Gasteiger partial charge in [-0.1, -0.05) is 32.9 Å². The molecule has 0 spiro atoms. The van der Waals surface area contributed by atoms with Crippen LogP contribution in [0.25, 0.3) is 0 Å². The molecule has 0 aliphatic heterocycles. The fourth-order valence-electron chi connectivity index (χ4n) is 7.74. The maximum Gasteiger partial charge on any atom is 0.303 e. The van der Waals surface area contributed by atoms with Gasteiger partial charge in [-0.05, 0) is 12.5 Å². The first-order chi connectivity index (χ1) is 17.9. The highest BCUT2D eigenvalue weighted by Gasteiger charge is 2.88. The normalized spacial score (nSPS) is 41.4. The summed E-state index contributed by atoms with van der Waals surface area (Å²) in [7, 11) is 0. The predicted molar refractivity (Wildman–Crippen MR) is 132 cm³/mol. The summed E-state index contributed by atoms with van der Waals surface area (Å²) in [4.78, 5) is 62.2. The zero-order valence-corrected chi connectivity index (χ0v) is 23.4. The van der Waals surface area contributed by atoms with E-state index >= 15 is 0 Å². The van der Waals surface area contributed by atoms with Crippen molar-refractivity contribution >= 4 is 29.7 Å². The van der Waals surface area contributed by atoms with Gasteiger partial charge in [0.15, 0.2) is 23.1 Å². The molecule has 4 rings (SSSR count). The average Bonchev–Trinajstić information content (AvgIpc) is 3.20. The van der Waals surface area contributed by atoms with Crippen molar-refractivity contribution in [3.05, 3.63) is 23.3 Å². The molecule has 4 aliphatic carbocycles. The molecule has 0 bridgehead atoms. The minimum Gasteiger partial charge on any atom is -0.461 e. The van der Waals surface area contributed by atoms with Crippen molar-refractivity contribution in [3.8, 4) is 0 Å². The Labute approximate surface area is 226 Å². The van der Waals surface area contributed by atoms with Crippen LogP contribution >= 0.6 is 0 Å². The van der Waals surface area contributed by atoms with Crippen LogP contribution in [-0.2, 0) is 42.9 Å². The molecule has 9 unspecified atom stereocenters. The molecule has 0 aromatic heterocycles. The molecule has 2 fully saturated rings. The van der Waals surface area contributed by atoms with E-state index in [1.54, 1.807) is 13.0 Å². The number of hydrogen-bond donors (Lipinski definition) is 2. The Bertz CT molecular complexity index is 1210. The molecule has 0 radical (unpaired) electrons. The van der Waals surface area contributed by atoms with Gasteiger partial charge in [0.25, 0.3) is 0 Å². The van der Waals surface area contributed by atoms with Crippen LogP contribution in [0.3, 0.4) is 0 Å². The summed E-state index contributed by atoms with van der Waals surface area (Å²) in [5, 5.41) is 24.9. The number of esters is 4. The van der Waals surface area contributed by atoms with Gasteiger partial charge in [-0.3, -0.25) is 24.0 Å². The van der Waals surface area contributed by atoms with Crippen molar-refractivity contribution in [1.29, 1.82) is 0 Å². The van der Waals surface area contributed by atoms with Crippen molar-refractivity contribution in [2.45, 2.75) is 84.4 Å². The van der Waals surface area contributed by atoms with Crippen LogP contribution in [-0.4, -0.2) is 75.5 Å². The number of fused-ring (bicyclic) bond motifs is 5. The zero-order chi connectivity index (χ0) is 29.5. The molecule has 0 aromatic carbocycles. The smallest absolute Gasteiger partial charge is 0.303 e. The maximum atomic E-state index is 13.6. The van der Waals surface area contributed by atoms with Crippen LogP contribution < -0.4 is 0 Å². The molecule has 0 aromatic rings. The van der Waals surface area contributed by atoms with Crippen LogP contribution in [0.15, 0.2) is 23.3 Å². The van der Waals surface area contributed by atoms with E-state index in [9.17, 15) is 34.2 Å². The summed E-state index contributed by atoms with van der Waals surface area (Å²) < 4.78 is 22.4. The van der Waals surface area contributed by atoms with Gasteiger partial charge in [0.1, 0.15) is 12.7 Å². The van der Waals surface area contributed by atoms with Crippen LogP contribution in [0.4, 0.5) is 0 Å². The monoisotopic (exact) mass is 548 g/mol. The Morgan fingerprint density at radius 3 is 2.03 bits per heavy atom. The molecule has 2 saturated carbocycles. The molecule has 0 saturated heterocycles. The molecule has 214 valence electrons. The lowest BCUT2D eigenvalue weighted by Gasteiger charge is -2.53. The standard InChI is InChI=1S/C28H36O11/c1-12-9-20-26(34)13(2)23(37-15(4)30)28(39-17(6)32)21(25(28,7)8)19(26)10-18(11-36-14(3)29)24(38-16(5)31)27(20,35)22(12)33/h9-10,13,19-21,23-24,34-35H,11H2,1-8H3. The lowest BCUT2D eigenvalue weighted by atomic mass is 9.58. The Morgan fingerprint density at radius 1 is 0.923 bits per heavy atom. The van der Waals surface area contributed by atoms with Gasteiger partial charge in [0, 0.05) is 62.4 Å². The van der Waals surface area contributed by atoms with Crippen LogP contribution in [0.2, 0.25) is 0 Å². The molecule has 0 heterocycles. The number of ether oxygens (including phenoxy) is 4. The number of carbonyl (C=O) groups excluding carboxylic acids is 5. The molecule has 39 heavy (non-hydrogen) atoms. The van der Waals surface area contributed by atoms with Gasteiger partial charge in [0.2, 0.25) is 0 Å². The third kappa shape index (κ3) is 3.80. The fourth-order valence-corrected chi connectivity index (χ4v) is 7.74. The number of hydrogen-bond acceptors (Lipinski definition) is 11. The van der Waals surface area contributed by atoms with E-state index in [1.165, 1.54) is 33.8 Å². The number of aliphatic hydroxyl groups is 2. The highest BCUT2D eigenvalue weighted by atomic mass is 16.6. The molecule has 4 aliphatic rings. The first kappa shape index (κ1) is 28.9. The number of ketones is 1. The minimum atomic E-state index is -2.46. The van der Waals surface area contributed by atoms with Gasteiger partial charge in [-0.2, -0.15) is 0 Å². The molecule has 9 atom stereocenters.